The van der Waals surface area contributed by atoms with E-state index in [2.05, 4.69) is 5.32 Å². The van der Waals surface area contributed by atoms with Crippen molar-refractivity contribution in [2.45, 2.75) is 12.5 Å². The van der Waals surface area contributed by atoms with Gasteiger partial charge in [0.2, 0.25) is 0 Å². The number of nitrogens with one attached hydrogen (secondary N) is 1. The molecule has 0 aromatic rings. The molecule has 0 bridgehead atoms. The first kappa shape index (κ1) is 9.43. The summed E-state index contributed by atoms with van der Waals surface area (Å²) in [6.07, 6.45) is 0.795. The second-order valence-electron chi connectivity index (χ2n) is 3.80. The quantitative estimate of drug-likeness (QED) is 0.621. The molecule has 2 rings (SSSR count). The van der Waals surface area contributed by atoms with Gasteiger partial charge in [0.25, 0.3) is 0 Å². The van der Waals surface area contributed by atoms with Crippen LogP contribution in [0.2, 0.25) is 0 Å². The number of hydrogen-bond donors (Lipinski definition) is 1. The van der Waals surface area contributed by atoms with Crippen molar-refractivity contribution in [3.8, 4) is 0 Å². The lowest BCUT2D eigenvalue weighted by molar-refractivity contribution is 0.0605. The smallest absolute Gasteiger partial charge is 0.150 e. The number of hydrogen-bond acceptors (Lipinski definition) is 4. The SMILES string of the molecule is O=S1(=O)CCC(C2COCCN2)C1. The Bertz CT molecular complexity index is 269. The molecule has 0 aromatic heterocycles. The number of ether oxygens (including phenoxy) is 1. The van der Waals surface area contributed by atoms with Crippen LogP contribution in [-0.4, -0.2) is 45.7 Å². The Morgan fingerprint density at radius 2 is 2.23 bits per heavy atom. The predicted molar refractivity (Wildman–Crippen MR) is 49.4 cm³/mol. The molecule has 0 saturated carbocycles. The van der Waals surface area contributed by atoms with Gasteiger partial charge in [-0.25, -0.2) is 8.42 Å². The summed E-state index contributed by atoms with van der Waals surface area (Å²) in [6.45, 7) is 2.26. The highest BCUT2D eigenvalue weighted by atomic mass is 32.2. The molecule has 0 aliphatic carbocycles. The molecule has 4 nitrogen and oxygen atoms in total. The van der Waals surface area contributed by atoms with Crippen LogP contribution in [0.25, 0.3) is 0 Å². The van der Waals surface area contributed by atoms with Crippen LogP contribution >= 0.6 is 0 Å². The average molecular weight is 205 g/mol. The lowest BCUT2D eigenvalue weighted by Gasteiger charge is -2.27. The van der Waals surface area contributed by atoms with E-state index in [0.29, 0.717) is 18.1 Å². The Hall–Kier alpha value is -0.130. The van der Waals surface area contributed by atoms with Crippen molar-refractivity contribution in [3.63, 3.8) is 0 Å². The zero-order chi connectivity index (χ0) is 9.31. The van der Waals surface area contributed by atoms with Gasteiger partial charge in [0.05, 0.1) is 24.7 Å². The summed E-state index contributed by atoms with van der Waals surface area (Å²) >= 11 is 0. The van der Waals surface area contributed by atoms with Crippen LogP contribution in [0.4, 0.5) is 0 Å². The molecule has 1 N–H and O–H groups in total. The minimum absolute atomic E-state index is 0.256. The maximum atomic E-state index is 11.2. The van der Waals surface area contributed by atoms with E-state index in [1.54, 1.807) is 0 Å². The van der Waals surface area contributed by atoms with E-state index in [9.17, 15) is 8.42 Å². The summed E-state index contributed by atoms with van der Waals surface area (Å²) in [5.74, 6) is 0.967. The highest BCUT2D eigenvalue weighted by molar-refractivity contribution is 7.91. The lowest BCUT2D eigenvalue weighted by Crippen LogP contribution is -2.46. The van der Waals surface area contributed by atoms with Crippen molar-refractivity contribution < 1.29 is 13.2 Å². The maximum Gasteiger partial charge on any atom is 0.150 e. The first-order valence-electron chi connectivity index (χ1n) is 4.69. The number of sulfone groups is 1. The van der Waals surface area contributed by atoms with Crippen LogP contribution in [-0.2, 0) is 14.6 Å². The van der Waals surface area contributed by atoms with Gasteiger partial charge in [-0.1, -0.05) is 0 Å². The zero-order valence-corrected chi connectivity index (χ0v) is 8.35. The maximum absolute atomic E-state index is 11.2. The van der Waals surface area contributed by atoms with Gasteiger partial charge in [-0.15, -0.1) is 0 Å². The molecular weight excluding hydrogens is 190 g/mol. The minimum atomic E-state index is -2.74. The van der Waals surface area contributed by atoms with Crippen molar-refractivity contribution >= 4 is 9.84 Å². The number of morpholine rings is 1. The molecular formula is C8H15NO3S. The number of rotatable bonds is 1. The van der Waals surface area contributed by atoms with Gasteiger partial charge in [-0.05, 0) is 12.3 Å². The van der Waals surface area contributed by atoms with Crippen molar-refractivity contribution in [2.75, 3.05) is 31.3 Å². The summed E-state index contributed by atoms with van der Waals surface area (Å²) in [4.78, 5) is 0. The third-order valence-electron chi connectivity index (χ3n) is 2.79. The summed E-state index contributed by atoms with van der Waals surface area (Å²) in [5.41, 5.74) is 0. The Morgan fingerprint density at radius 1 is 1.38 bits per heavy atom. The molecule has 2 atom stereocenters. The van der Waals surface area contributed by atoms with Crippen LogP contribution in [0.1, 0.15) is 6.42 Å². The Kier molecular flexibility index (Phi) is 2.58. The molecule has 0 aromatic carbocycles. The standard InChI is InChI=1S/C8H15NO3S/c10-13(11)4-1-7(6-13)8-5-12-3-2-9-8/h7-9H,1-6H2. The Labute approximate surface area is 78.6 Å². The van der Waals surface area contributed by atoms with E-state index in [4.69, 9.17) is 4.74 Å². The van der Waals surface area contributed by atoms with Gasteiger partial charge in [-0.2, -0.15) is 0 Å². The van der Waals surface area contributed by atoms with Gasteiger partial charge in [0.15, 0.2) is 9.84 Å². The molecule has 2 heterocycles. The summed E-state index contributed by atoms with van der Waals surface area (Å²) in [6, 6.07) is 0.256. The highest BCUT2D eigenvalue weighted by Gasteiger charge is 2.34. The van der Waals surface area contributed by atoms with Crippen molar-refractivity contribution in [3.05, 3.63) is 0 Å². The van der Waals surface area contributed by atoms with E-state index < -0.39 is 9.84 Å². The molecule has 76 valence electrons. The van der Waals surface area contributed by atoms with Gasteiger partial charge >= 0.3 is 0 Å². The fourth-order valence-corrected chi connectivity index (χ4v) is 3.91. The van der Waals surface area contributed by atoms with Gasteiger partial charge < -0.3 is 10.1 Å². The van der Waals surface area contributed by atoms with Gasteiger partial charge in [0, 0.05) is 12.6 Å². The van der Waals surface area contributed by atoms with Crippen LogP contribution in [0.3, 0.4) is 0 Å². The van der Waals surface area contributed by atoms with Crippen molar-refractivity contribution in [2.24, 2.45) is 5.92 Å². The first-order chi connectivity index (χ1) is 6.17. The van der Waals surface area contributed by atoms with Crippen LogP contribution in [0, 0.1) is 5.92 Å². The van der Waals surface area contributed by atoms with Crippen molar-refractivity contribution in [1.29, 1.82) is 0 Å². The largest absolute Gasteiger partial charge is 0.379 e. The Morgan fingerprint density at radius 3 is 2.77 bits per heavy atom. The molecule has 0 radical (unpaired) electrons. The fraction of sp³-hybridized carbons (Fsp3) is 1.00. The first-order valence-corrected chi connectivity index (χ1v) is 6.51. The fourth-order valence-electron chi connectivity index (χ4n) is 2.03. The van der Waals surface area contributed by atoms with E-state index in [1.165, 1.54) is 0 Å². The third kappa shape index (κ3) is 2.21. The topological polar surface area (TPSA) is 55.4 Å². The van der Waals surface area contributed by atoms with Gasteiger partial charge in [-0.3, -0.25) is 0 Å². The molecule has 2 fully saturated rings. The van der Waals surface area contributed by atoms with E-state index in [1.807, 2.05) is 0 Å². The molecule has 0 amide bonds. The summed E-state index contributed by atoms with van der Waals surface area (Å²) in [5, 5.41) is 3.31. The van der Waals surface area contributed by atoms with Crippen LogP contribution in [0.5, 0.6) is 0 Å². The molecule has 2 aliphatic rings. The normalized spacial score (nSPS) is 39.1. The zero-order valence-electron chi connectivity index (χ0n) is 7.53. The van der Waals surface area contributed by atoms with Crippen molar-refractivity contribution in [1.82, 2.24) is 5.32 Å². The predicted octanol–water partition coefficient (Wildman–Crippen LogP) is -0.590. The van der Waals surface area contributed by atoms with E-state index in [-0.39, 0.29) is 12.0 Å². The molecule has 0 spiro atoms. The molecule has 13 heavy (non-hydrogen) atoms. The minimum Gasteiger partial charge on any atom is -0.379 e. The second-order valence-corrected chi connectivity index (χ2v) is 6.03. The molecule has 5 heteroatoms. The molecule has 2 saturated heterocycles. The van der Waals surface area contributed by atoms with Crippen LogP contribution < -0.4 is 5.32 Å². The van der Waals surface area contributed by atoms with E-state index >= 15 is 0 Å². The van der Waals surface area contributed by atoms with E-state index in [0.717, 1.165) is 19.6 Å². The lowest BCUT2D eigenvalue weighted by atomic mass is 9.99. The monoisotopic (exact) mass is 205 g/mol. The molecule has 2 aliphatic heterocycles. The van der Waals surface area contributed by atoms with Crippen LogP contribution in [0.15, 0.2) is 0 Å². The van der Waals surface area contributed by atoms with Gasteiger partial charge in [0.1, 0.15) is 0 Å². The summed E-state index contributed by atoms with van der Waals surface area (Å²) < 4.78 is 27.7. The second kappa shape index (κ2) is 3.55. The average Bonchev–Trinajstić information content (AvgIpc) is 2.48. The highest BCUT2D eigenvalue weighted by Crippen LogP contribution is 2.22. The third-order valence-corrected chi connectivity index (χ3v) is 4.58. The summed E-state index contributed by atoms with van der Waals surface area (Å²) in [7, 11) is -2.74. The Balaban J connectivity index is 1.95. The molecule has 2 unspecified atom stereocenters.